The van der Waals surface area contributed by atoms with E-state index in [2.05, 4.69) is 15.9 Å². The summed E-state index contributed by atoms with van der Waals surface area (Å²) in [5.41, 5.74) is 12.4. The van der Waals surface area contributed by atoms with Crippen LogP contribution < -0.4 is 11.5 Å². The minimum atomic E-state index is -0.374. The fraction of sp³-hybridized carbons (Fsp3) is 0.111. The van der Waals surface area contributed by atoms with Crippen LogP contribution in [0.1, 0.15) is 5.56 Å². The van der Waals surface area contributed by atoms with Gasteiger partial charge in [0.2, 0.25) is 0 Å². The van der Waals surface area contributed by atoms with Crippen LogP contribution in [0, 0.1) is 5.82 Å². The van der Waals surface area contributed by atoms with Crippen molar-refractivity contribution in [3.63, 3.8) is 0 Å². The fourth-order valence-corrected chi connectivity index (χ4v) is 1.16. The maximum atomic E-state index is 12.9. The lowest BCUT2D eigenvalue weighted by Gasteiger charge is -2.04. The van der Waals surface area contributed by atoms with Crippen molar-refractivity contribution < 1.29 is 4.39 Å². The van der Waals surface area contributed by atoms with Gasteiger partial charge in [-0.1, -0.05) is 28.1 Å². The maximum absolute atomic E-state index is 12.9. The summed E-state index contributed by atoms with van der Waals surface area (Å²) in [4.78, 5) is 0. The molecule has 0 atom stereocenters. The van der Waals surface area contributed by atoms with Crippen molar-refractivity contribution in [1.29, 1.82) is 0 Å². The highest BCUT2D eigenvalue weighted by Crippen LogP contribution is 2.22. The second-order valence-corrected chi connectivity index (χ2v) is 3.20. The van der Waals surface area contributed by atoms with Crippen molar-refractivity contribution >= 4 is 33.4 Å². The van der Waals surface area contributed by atoms with Crippen LogP contribution in [0.15, 0.2) is 18.2 Å². The molecule has 2 nitrogen and oxygen atoms in total. The Bertz CT molecular complexity index is 337. The molecular formula is C9H10BrFN2. The Morgan fingerprint density at radius 2 is 2.08 bits per heavy atom. The minimum Gasteiger partial charge on any atom is -0.397 e. The number of rotatable bonds is 2. The molecule has 13 heavy (non-hydrogen) atoms. The molecule has 0 radical (unpaired) electrons. The van der Waals surface area contributed by atoms with Crippen molar-refractivity contribution in [2.24, 2.45) is 0 Å². The molecule has 0 heterocycles. The van der Waals surface area contributed by atoms with Gasteiger partial charge in [-0.15, -0.1) is 0 Å². The summed E-state index contributed by atoms with van der Waals surface area (Å²) in [6.07, 6.45) is 3.55. The number of alkyl halides is 1. The van der Waals surface area contributed by atoms with Gasteiger partial charge in [0.05, 0.1) is 11.4 Å². The van der Waals surface area contributed by atoms with Crippen molar-refractivity contribution in [2.45, 2.75) is 0 Å². The quantitative estimate of drug-likeness (QED) is 0.620. The zero-order chi connectivity index (χ0) is 9.84. The minimum absolute atomic E-state index is 0.272. The number of nitrogens with two attached hydrogens (primary N) is 2. The van der Waals surface area contributed by atoms with Gasteiger partial charge in [-0.2, -0.15) is 0 Å². The summed E-state index contributed by atoms with van der Waals surface area (Å²) >= 11 is 3.22. The second kappa shape index (κ2) is 4.28. The lowest BCUT2D eigenvalue weighted by atomic mass is 10.1. The molecule has 0 bridgehead atoms. The van der Waals surface area contributed by atoms with Gasteiger partial charge in [-0.25, -0.2) is 4.39 Å². The van der Waals surface area contributed by atoms with Gasteiger partial charge < -0.3 is 11.5 Å². The number of anilines is 2. The molecule has 0 saturated carbocycles. The van der Waals surface area contributed by atoms with Gasteiger partial charge in [-0.3, -0.25) is 0 Å². The third-order valence-electron chi connectivity index (χ3n) is 1.60. The molecule has 70 valence electrons. The Labute approximate surface area is 84.5 Å². The molecule has 1 aromatic rings. The summed E-state index contributed by atoms with van der Waals surface area (Å²) in [7, 11) is 0. The Morgan fingerprint density at radius 3 is 2.69 bits per heavy atom. The van der Waals surface area contributed by atoms with Crippen LogP contribution in [0.25, 0.3) is 6.08 Å². The summed E-state index contributed by atoms with van der Waals surface area (Å²) in [5.74, 6) is -0.374. The summed E-state index contributed by atoms with van der Waals surface area (Å²) < 4.78 is 12.9. The Kier molecular flexibility index (Phi) is 3.31. The topological polar surface area (TPSA) is 52.0 Å². The molecule has 0 amide bonds. The van der Waals surface area contributed by atoms with Gasteiger partial charge in [0, 0.05) is 10.9 Å². The third kappa shape index (κ3) is 2.45. The molecule has 4 N–H and O–H groups in total. The number of benzene rings is 1. The summed E-state index contributed by atoms with van der Waals surface area (Å²) in [5, 5.41) is 0.697. The van der Waals surface area contributed by atoms with Crippen LogP contribution in [-0.4, -0.2) is 5.33 Å². The average molecular weight is 245 g/mol. The van der Waals surface area contributed by atoms with Crippen molar-refractivity contribution in [3.05, 3.63) is 29.6 Å². The molecule has 0 fully saturated rings. The van der Waals surface area contributed by atoms with Gasteiger partial charge in [0.25, 0.3) is 0 Å². The van der Waals surface area contributed by atoms with E-state index in [-0.39, 0.29) is 11.5 Å². The van der Waals surface area contributed by atoms with Crippen LogP contribution in [0.2, 0.25) is 0 Å². The first-order chi connectivity index (χ1) is 6.15. The highest BCUT2D eigenvalue weighted by atomic mass is 79.9. The van der Waals surface area contributed by atoms with E-state index in [0.717, 1.165) is 0 Å². The molecule has 4 heteroatoms. The van der Waals surface area contributed by atoms with Crippen LogP contribution in [-0.2, 0) is 0 Å². The standard InChI is InChI=1S/C9H10BrFN2/c10-3-1-2-6-4-7(11)5-8(12)9(6)13/h1-2,4-5H,3,12-13H2. The molecule has 1 aromatic carbocycles. The predicted molar refractivity (Wildman–Crippen MR) is 58.1 cm³/mol. The fourth-order valence-electron chi connectivity index (χ4n) is 0.970. The van der Waals surface area contributed by atoms with E-state index < -0.39 is 0 Å². The Balaban J connectivity index is 3.12. The molecule has 0 aromatic heterocycles. The molecule has 0 unspecified atom stereocenters. The van der Waals surface area contributed by atoms with Gasteiger partial charge in [0.1, 0.15) is 5.82 Å². The van der Waals surface area contributed by atoms with Crippen molar-refractivity contribution in [1.82, 2.24) is 0 Å². The SMILES string of the molecule is Nc1cc(F)cc(C=CCBr)c1N. The number of allylic oxidation sites excluding steroid dienone is 1. The van der Waals surface area contributed by atoms with Crippen LogP contribution in [0.3, 0.4) is 0 Å². The van der Waals surface area contributed by atoms with Crippen LogP contribution in [0.5, 0.6) is 0 Å². The van der Waals surface area contributed by atoms with E-state index in [0.29, 0.717) is 16.6 Å². The summed E-state index contributed by atoms with van der Waals surface area (Å²) in [6, 6.07) is 2.56. The normalized spacial score (nSPS) is 10.9. The Morgan fingerprint density at radius 1 is 1.38 bits per heavy atom. The van der Waals surface area contributed by atoms with E-state index in [1.807, 2.05) is 6.08 Å². The smallest absolute Gasteiger partial charge is 0.126 e. The Hall–Kier alpha value is -1.03. The molecule has 0 aliphatic carbocycles. The van der Waals surface area contributed by atoms with Gasteiger partial charge in [-0.05, 0) is 12.1 Å². The number of nitrogen functional groups attached to an aromatic ring is 2. The van der Waals surface area contributed by atoms with Gasteiger partial charge >= 0.3 is 0 Å². The zero-order valence-corrected chi connectivity index (χ0v) is 8.51. The number of halogens is 2. The van der Waals surface area contributed by atoms with E-state index in [1.165, 1.54) is 12.1 Å². The second-order valence-electron chi connectivity index (χ2n) is 2.55. The predicted octanol–water partition coefficient (Wildman–Crippen LogP) is 2.40. The first-order valence-corrected chi connectivity index (χ1v) is 4.84. The monoisotopic (exact) mass is 244 g/mol. The lowest BCUT2D eigenvalue weighted by Crippen LogP contribution is -1.98. The highest BCUT2D eigenvalue weighted by Gasteiger charge is 2.02. The molecule has 0 aliphatic rings. The van der Waals surface area contributed by atoms with Crippen molar-refractivity contribution in [3.8, 4) is 0 Å². The third-order valence-corrected chi connectivity index (χ3v) is 1.97. The lowest BCUT2D eigenvalue weighted by molar-refractivity contribution is 0.628. The first-order valence-electron chi connectivity index (χ1n) is 3.72. The van der Waals surface area contributed by atoms with Gasteiger partial charge in [0.15, 0.2) is 0 Å². The van der Waals surface area contributed by atoms with Crippen LogP contribution in [0.4, 0.5) is 15.8 Å². The van der Waals surface area contributed by atoms with E-state index >= 15 is 0 Å². The number of hydrogen-bond acceptors (Lipinski definition) is 2. The largest absolute Gasteiger partial charge is 0.397 e. The molecule has 0 aliphatic heterocycles. The van der Waals surface area contributed by atoms with E-state index in [4.69, 9.17) is 11.5 Å². The van der Waals surface area contributed by atoms with E-state index in [9.17, 15) is 4.39 Å². The molecule has 0 spiro atoms. The summed E-state index contributed by atoms with van der Waals surface area (Å²) in [6.45, 7) is 0. The van der Waals surface area contributed by atoms with Crippen LogP contribution >= 0.6 is 15.9 Å². The van der Waals surface area contributed by atoms with Crippen molar-refractivity contribution in [2.75, 3.05) is 16.8 Å². The van der Waals surface area contributed by atoms with E-state index in [1.54, 1.807) is 6.08 Å². The molecule has 1 rings (SSSR count). The highest BCUT2D eigenvalue weighted by molar-refractivity contribution is 9.09. The first kappa shape index (κ1) is 10.1. The number of hydrogen-bond donors (Lipinski definition) is 2. The average Bonchev–Trinajstić information content (AvgIpc) is 2.09. The maximum Gasteiger partial charge on any atom is 0.126 e. The molecular weight excluding hydrogens is 235 g/mol. The zero-order valence-electron chi connectivity index (χ0n) is 6.93. The molecule has 0 saturated heterocycles.